The van der Waals surface area contributed by atoms with Crippen molar-refractivity contribution in [3.8, 4) is 0 Å². The zero-order valence-corrected chi connectivity index (χ0v) is 16.8. The highest BCUT2D eigenvalue weighted by atomic mass is 16.7. The molecule has 1 saturated heterocycles. The molecule has 4 rings (SSSR count). The van der Waals surface area contributed by atoms with Crippen LogP contribution in [-0.4, -0.2) is 41.9 Å². The summed E-state index contributed by atoms with van der Waals surface area (Å²) in [5, 5.41) is 8.87. The molecule has 1 aliphatic carbocycles. The van der Waals surface area contributed by atoms with E-state index in [1.54, 1.807) is 0 Å². The van der Waals surface area contributed by atoms with Crippen molar-refractivity contribution in [2.24, 2.45) is 0 Å². The van der Waals surface area contributed by atoms with Crippen molar-refractivity contribution in [3.63, 3.8) is 0 Å². The lowest BCUT2D eigenvalue weighted by atomic mass is 9.87. The van der Waals surface area contributed by atoms with E-state index in [0.29, 0.717) is 6.54 Å². The molecule has 2 aliphatic rings. The van der Waals surface area contributed by atoms with Gasteiger partial charge in [-0.25, -0.2) is 4.79 Å². The first-order valence-electron chi connectivity index (χ1n) is 10.7. The Morgan fingerprint density at radius 2 is 1.83 bits per heavy atom. The topological polar surface area (TPSA) is 49.8 Å². The van der Waals surface area contributed by atoms with Gasteiger partial charge in [-0.3, -0.25) is 4.90 Å². The van der Waals surface area contributed by atoms with E-state index in [4.69, 9.17) is 9.84 Å². The monoisotopic (exact) mass is 391 g/mol. The molecule has 0 radical (unpaired) electrons. The summed E-state index contributed by atoms with van der Waals surface area (Å²) in [5.74, 6) is 0. The number of fused-ring (bicyclic) bond motifs is 2. The summed E-state index contributed by atoms with van der Waals surface area (Å²) in [7, 11) is 0. The summed E-state index contributed by atoms with van der Waals surface area (Å²) in [6.07, 6.45) is 7.09. The number of hydrogen-bond donors (Lipinski definition) is 1. The molecule has 0 spiro atoms. The number of hydrogen-bond acceptors (Lipinski definition) is 3. The summed E-state index contributed by atoms with van der Waals surface area (Å²) >= 11 is 0. The van der Waals surface area contributed by atoms with Crippen LogP contribution in [0.4, 0.5) is 4.79 Å². The van der Waals surface area contributed by atoms with Crippen molar-refractivity contribution in [1.29, 1.82) is 0 Å². The summed E-state index contributed by atoms with van der Waals surface area (Å²) in [6.45, 7) is 2.71. The number of allylic oxidation sites excluding steroid dienone is 1. The van der Waals surface area contributed by atoms with Gasteiger partial charge in [-0.05, 0) is 79.4 Å². The molecule has 1 N–H and O–H groups in total. The number of rotatable bonds is 5. The number of carboxylic acid groups (broad SMARTS) is 1. The maximum atomic E-state index is 10.8. The van der Waals surface area contributed by atoms with Crippen LogP contribution in [0.1, 0.15) is 47.9 Å². The summed E-state index contributed by atoms with van der Waals surface area (Å²) in [6, 6.07) is 17.5. The predicted octanol–water partition coefficient (Wildman–Crippen LogP) is 5.27. The number of aryl methyl sites for hydroxylation is 2. The lowest BCUT2D eigenvalue weighted by Gasteiger charge is -2.31. The highest BCUT2D eigenvalue weighted by Crippen LogP contribution is 2.31. The van der Waals surface area contributed by atoms with Crippen molar-refractivity contribution in [2.75, 3.05) is 19.6 Å². The highest BCUT2D eigenvalue weighted by Gasteiger charge is 2.22. The summed E-state index contributed by atoms with van der Waals surface area (Å²) in [5.41, 5.74) is 6.98. The fourth-order valence-electron chi connectivity index (χ4n) is 4.64. The molecular weight excluding hydrogens is 362 g/mol. The second-order valence-electron chi connectivity index (χ2n) is 8.08. The summed E-state index contributed by atoms with van der Waals surface area (Å²) in [4.78, 5) is 13.2. The van der Waals surface area contributed by atoms with Crippen LogP contribution in [0.2, 0.25) is 0 Å². The third kappa shape index (κ3) is 5.07. The number of ether oxygens (including phenoxy) is 1. The Labute approximate surface area is 172 Å². The Balaban J connectivity index is 1.46. The van der Waals surface area contributed by atoms with Gasteiger partial charge in [0, 0.05) is 6.54 Å². The van der Waals surface area contributed by atoms with E-state index in [1.165, 1.54) is 27.8 Å². The fourth-order valence-corrected chi connectivity index (χ4v) is 4.64. The van der Waals surface area contributed by atoms with Crippen molar-refractivity contribution in [3.05, 3.63) is 70.8 Å². The van der Waals surface area contributed by atoms with Crippen LogP contribution in [0, 0.1) is 0 Å². The van der Waals surface area contributed by atoms with Crippen LogP contribution in [0.3, 0.4) is 0 Å². The van der Waals surface area contributed by atoms with Crippen LogP contribution >= 0.6 is 0 Å². The van der Waals surface area contributed by atoms with Gasteiger partial charge in [0.2, 0.25) is 0 Å². The lowest BCUT2D eigenvalue weighted by molar-refractivity contribution is 0.0134. The van der Waals surface area contributed by atoms with Crippen molar-refractivity contribution in [1.82, 2.24) is 4.90 Å². The van der Waals surface area contributed by atoms with E-state index in [-0.39, 0.29) is 6.10 Å². The number of piperidine rings is 1. The van der Waals surface area contributed by atoms with E-state index in [9.17, 15) is 4.79 Å². The molecule has 0 saturated carbocycles. The molecule has 1 aliphatic heterocycles. The second kappa shape index (κ2) is 9.27. The first kappa shape index (κ1) is 19.7. The minimum Gasteiger partial charge on any atom is -0.450 e. The van der Waals surface area contributed by atoms with Crippen molar-refractivity contribution < 1.29 is 14.6 Å². The highest BCUT2D eigenvalue weighted by molar-refractivity contribution is 5.84. The molecule has 4 nitrogen and oxygen atoms in total. The van der Waals surface area contributed by atoms with Gasteiger partial charge in [-0.2, -0.15) is 0 Å². The van der Waals surface area contributed by atoms with Crippen LogP contribution in [-0.2, 0) is 17.6 Å². The van der Waals surface area contributed by atoms with E-state index >= 15 is 0 Å². The predicted molar refractivity (Wildman–Crippen MR) is 116 cm³/mol. The second-order valence-corrected chi connectivity index (χ2v) is 8.08. The average Bonchev–Trinajstić information content (AvgIpc) is 2.71. The molecule has 1 atom stereocenters. The first-order valence-corrected chi connectivity index (χ1v) is 10.7. The largest absolute Gasteiger partial charge is 0.506 e. The minimum atomic E-state index is -1.16. The maximum absolute atomic E-state index is 10.8. The normalized spacial score (nSPS) is 19.3. The number of nitrogens with zero attached hydrogens (tertiary/aromatic N) is 1. The Morgan fingerprint density at radius 1 is 1.07 bits per heavy atom. The van der Waals surface area contributed by atoms with Crippen LogP contribution in [0.5, 0.6) is 0 Å². The molecule has 0 bridgehead atoms. The van der Waals surface area contributed by atoms with Gasteiger partial charge in [-0.1, -0.05) is 54.6 Å². The number of benzene rings is 2. The molecule has 0 amide bonds. The Morgan fingerprint density at radius 3 is 2.69 bits per heavy atom. The average molecular weight is 392 g/mol. The van der Waals surface area contributed by atoms with Crippen LogP contribution in [0.25, 0.3) is 11.6 Å². The Bertz CT molecular complexity index is 889. The smallest absolute Gasteiger partial charge is 0.450 e. The molecule has 1 heterocycles. The molecule has 29 heavy (non-hydrogen) atoms. The quantitative estimate of drug-likeness (QED) is 0.706. The van der Waals surface area contributed by atoms with E-state index in [0.717, 1.165) is 51.6 Å². The molecule has 2 aromatic rings. The molecule has 1 fully saturated rings. The molecule has 0 unspecified atom stereocenters. The van der Waals surface area contributed by atoms with Gasteiger partial charge in [-0.15, -0.1) is 0 Å². The van der Waals surface area contributed by atoms with Crippen LogP contribution in [0.15, 0.2) is 48.5 Å². The SMILES string of the molecule is O=C(O)O[C@@H]1CCCN(CCCC2=Cc3ccccc3CCc3ccccc32)C1. The van der Waals surface area contributed by atoms with Gasteiger partial charge in [0.25, 0.3) is 0 Å². The number of carbonyl (C=O) groups is 1. The lowest BCUT2D eigenvalue weighted by Crippen LogP contribution is -2.40. The maximum Gasteiger partial charge on any atom is 0.506 e. The van der Waals surface area contributed by atoms with Crippen molar-refractivity contribution >= 4 is 17.8 Å². The Kier molecular flexibility index (Phi) is 6.30. The standard InChI is InChI=1S/C25H29NO3/c27-25(28)29-23-11-6-16-26(18-23)15-5-10-22-17-21-9-2-1-7-19(21)13-14-20-8-3-4-12-24(20)22/h1-4,7-9,12,17,23H,5-6,10-11,13-16,18H2,(H,27,28)/t23-/m1/s1. The molecule has 4 heteroatoms. The molecule has 2 aromatic carbocycles. The third-order valence-corrected chi connectivity index (χ3v) is 6.06. The zero-order valence-electron chi connectivity index (χ0n) is 16.8. The van der Waals surface area contributed by atoms with Gasteiger partial charge in [0.05, 0.1) is 0 Å². The molecular formula is C25H29NO3. The van der Waals surface area contributed by atoms with E-state index in [2.05, 4.69) is 59.5 Å². The first-order chi connectivity index (χ1) is 14.2. The van der Waals surface area contributed by atoms with Gasteiger partial charge in [0.15, 0.2) is 0 Å². The summed E-state index contributed by atoms with van der Waals surface area (Å²) < 4.78 is 5.00. The molecule has 152 valence electrons. The Hall–Kier alpha value is -2.59. The van der Waals surface area contributed by atoms with Gasteiger partial charge >= 0.3 is 6.16 Å². The van der Waals surface area contributed by atoms with E-state index < -0.39 is 6.16 Å². The van der Waals surface area contributed by atoms with Gasteiger partial charge in [0.1, 0.15) is 6.10 Å². The number of likely N-dealkylation sites (tertiary alicyclic amines) is 1. The zero-order chi connectivity index (χ0) is 20.1. The van der Waals surface area contributed by atoms with Gasteiger partial charge < -0.3 is 9.84 Å². The third-order valence-electron chi connectivity index (χ3n) is 6.06. The molecule has 0 aromatic heterocycles. The van der Waals surface area contributed by atoms with E-state index in [1.807, 2.05) is 0 Å². The van der Waals surface area contributed by atoms with Crippen LogP contribution < -0.4 is 0 Å². The fraction of sp³-hybridized carbons (Fsp3) is 0.400. The minimum absolute atomic E-state index is 0.186. The van der Waals surface area contributed by atoms with Crippen molar-refractivity contribution in [2.45, 2.75) is 44.6 Å².